The van der Waals surface area contributed by atoms with E-state index in [4.69, 9.17) is 9.47 Å². The first-order valence-corrected chi connectivity index (χ1v) is 15.7. The molecule has 6 rings (SSSR count). The van der Waals surface area contributed by atoms with Gasteiger partial charge in [0.05, 0.1) is 36.4 Å². The molecular weight excluding hydrogens is 643 g/mol. The van der Waals surface area contributed by atoms with Crippen molar-refractivity contribution in [3.63, 3.8) is 0 Å². The second kappa shape index (κ2) is 12.0. The summed E-state index contributed by atoms with van der Waals surface area (Å²) >= 11 is 1.73. The Labute approximate surface area is 268 Å². The van der Waals surface area contributed by atoms with Crippen LogP contribution in [0.3, 0.4) is 0 Å². The third-order valence-electron chi connectivity index (χ3n) is 7.99. The van der Waals surface area contributed by atoms with E-state index in [1.807, 2.05) is 19.1 Å². The van der Waals surface area contributed by atoms with Gasteiger partial charge < -0.3 is 14.8 Å². The van der Waals surface area contributed by atoms with Crippen LogP contribution in [0.15, 0.2) is 76.6 Å². The highest BCUT2D eigenvalue weighted by atomic mass is 32.2. The van der Waals surface area contributed by atoms with E-state index in [1.165, 1.54) is 30.9 Å². The van der Waals surface area contributed by atoms with Crippen molar-refractivity contribution in [1.82, 2.24) is 4.57 Å². The first-order chi connectivity index (χ1) is 21.9. The molecule has 46 heavy (non-hydrogen) atoms. The van der Waals surface area contributed by atoms with Crippen LogP contribution in [0.1, 0.15) is 27.5 Å². The molecule has 0 spiro atoms. The Morgan fingerprint density at radius 2 is 1.63 bits per heavy atom. The molecule has 1 N–H and O–H groups in total. The Morgan fingerprint density at radius 3 is 2.33 bits per heavy atom. The monoisotopic (exact) mass is 669 g/mol. The molecule has 1 aromatic heterocycles. The van der Waals surface area contributed by atoms with E-state index in [-0.39, 0.29) is 6.54 Å². The summed E-state index contributed by atoms with van der Waals surface area (Å²) in [7, 11) is 2.88. The van der Waals surface area contributed by atoms with Crippen LogP contribution in [0.4, 0.5) is 24.5 Å². The standard InChI is InChI=1S/C32H26F3N3O6S2/c1-16-8-4-6-10-19(16)36-23(39)15-37-30-27(46-31(37)42)24(17-12-13-21(43-2)22(14-17)44-3)25-26(45-30)29(41)38(28(25)40)20-11-7-5-9-18(20)32(33,34)35/h4-14,24-26H,15H2,1-3H3,(H,36,39). The number of ether oxygens (including phenoxy) is 2. The molecule has 3 aromatic carbocycles. The minimum atomic E-state index is -4.83. The number of thioether (sulfide) groups is 1. The number of nitrogens with zero attached hydrogens (tertiary/aromatic N) is 2. The molecule has 3 amide bonds. The number of fused-ring (bicyclic) bond motifs is 2. The van der Waals surface area contributed by atoms with Crippen LogP contribution in [0.25, 0.3) is 0 Å². The molecule has 4 aromatic rings. The molecule has 0 radical (unpaired) electrons. The Kier molecular flexibility index (Phi) is 8.19. The highest BCUT2D eigenvalue weighted by Gasteiger charge is 2.58. The van der Waals surface area contributed by atoms with Crippen LogP contribution in [0.5, 0.6) is 11.5 Å². The summed E-state index contributed by atoms with van der Waals surface area (Å²) in [6.07, 6.45) is -4.83. The number of rotatable bonds is 7. The molecule has 0 bridgehead atoms. The van der Waals surface area contributed by atoms with Gasteiger partial charge in [-0.25, -0.2) is 4.90 Å². The van der Waals surface area contributed by atoms with Gasteiger partial charge in [-0.15, -0.1) is 0 Å². The molecule has 3 heterocycles. The molecule has 0 saturated carbocycles. The number of nitrogens with one attached hydrogen (secondary N) is 1. The predicted octanol–water partition coefficient (Wildman–Crippen LogP) is 5.69. The number of hydrogen-bond donors (Lipinski definition) is 1. The summed E-state index contributed by atoms with van der Waals surface area (Å²) in [5, 5.41) is 1.91. The summed E-state index contributed by atoms with van der Waals surface area (Å²) in [5.41, 5.74) is 0.178. The SMILES string of the molecule is COc1ccc(C2c3sc(=O)n(CC(=O)Nc4ccccc4C)c3SC3C(=O)N(c4ccccc4C(F)(F)F)C(=O)C32)cc1OC. The first kappa shape index (κ1) is 31.4. The molecule has 1 fully saturated rings. The van der Waals surface area contributed by atoms with Gasteiger partial charge in [0.2, 0.25) is 17.7 Å². The average Bonchev–Trinajstić information content (AvgIpc) is 3.47. The topological polar surface area (TPSA) is 107 Å². The number of benzene rings is 3. The summed E-state index contributed by atoms with van der Waals surface area (Å²) in [4.78, 5) is 55.2. The maximum Gasteiger partial charge on any atom is 0.418 e. The molecule has 9 nitrogen and oxygen atoms in total. The van der Waals surface area contributed by atoms with Crippen LogP contribution in [0.2, 0.25) is 0 Å². The molecule has 1 saturated heterocycles. The number of aromatic nitrogens is 1. The van der Waals surface area contributed by atoms with Crippen LogP contribution in [-0.4, -0.2) is 41.8 Å². The van der Waals surface area contributed by atoms with Gasteiger partial charge in [0.15, 0.2) is 11.5 Å². The van der Waals surface area contributed by atoms with E-state index < -0.39 is 57.1 Å². The van der Waals surface area contributed by atoms with Crippen LogP contribution in [0, 0.1) is 12.8 Å². The smallest absolute Gasteiger partial charge is 0.418 e. The van der Waals surface area contributed by atoms with Crippen molar-refractivity contribution in [2.24, 2.45) is 5.92 Å². The van der Waals surface area contributed by atoms with E-state index in [9.17, 15) is 32.3 Å². The number of alkyl halides is 3. The van der Waals surface area contributed by atoms with Crippen LogP contribution < -0.4 is 24.6 Å². The van der Waals surface area contributed by atoms with Crippen molar-refractivity contribution >= 4 is 52.2 Å². The maximum atomic E-state index is 14.1. The summed E-state index contributed by atoms with van der Waals surface area (Å²) in [6.45, 7) is 1.44. The predicted molar refractivity (Wildman–Crippen MR) is 167 cm³/mol. The van der Waals surface area contributed by atoms with Crippen LogP contribution >= 0.6 is 23.1 Å². The normalized spacial score (nSPS) is 19.1. The molecule has 238 valence electrons. The Hall–Kier alpha value is -4.56. The highest BCUT2D eigenvalue weighted by Crippen LogP contribution is 2.55. The summed E-state index contributed by atoms with van der Waals surface area (Å²) < 4.78 is 54.2. The number of aryl methyl sites for hydroxylation is 1. The zero-order valence-electron chi connectivity index (χ0n) is 24.6. The van der Waals surface area contributed by atoms with Gasteiger partial charge in [-0.05, 0) is 48.4 Å². The highest BCUT2D eigenvalue weighted by molar-refractivity contribution is 8.00. The fraction of sp³-hybridized carbons (Fsp3) is 0.250. The summed E-state index contributed by atoms with van der Waals surface area (Å²) in [6, 6.07) is 16.4. The molecule has 2 aliphatic heterocycles. The second-order valence-electron chi connectivity index (χ2n) is 10.7. The zero-order valence-corrected chi connectivity index (χ0v) is 26.2. The lowest BCUT2D eigenvalue weighted by atomic mass is 9.83. The molecule has 2 aliphatic rings. The van der Waals surface area contributed by atoms with Gasteiger partial charge in [-0.2, -0.15) is 13.2 Å². The molecule has 3 unspecified atom stereocenters. The Bertz CT molecular complexity index is 1940. The number of carbonyl (C=O) groups is 3. The number of methoxy groups -OCH3 is 2. The number of anilines is 2. The molecule has 0 aliphatic carbocycles. The van der Waals surface area contributed by atoms with Crippen molar-refractivity contribution in [3.8, 4) is 11.5 Å². The van der Waals surface area contributed by atoms with E-state index in [1.54, 1.807) is 30.3 Å². The fourth-order valence-corrected chi connectivity index (χ4v) is 8.63. The van der Waals surface area contributed by atoms with Crippen molar-refractivity contribution in [2.45, 2.75) is 35.8 Å². The maximum absolute atomic E-state index is 14.1. The van der Waals surface area contributed by atoms with Crippen molar-refractivity contribution in [3.05, 3.63) is 98.0 Å². The number of hydrogen-bond acceptors (Lipinski definition) is 8. The van der Waals surface area contributed by atoms with Gasteiger partial charge in [-0.1, -0.05) is 59.5 Å². The van der Waals surface area contributed by atoms with E-state index >= 15 is 0 Å². The van der Waals surface area contributed by atoms with Crippen molar-refractivity contribution in [2.75, 3.05) is 24.4 Å². The second-order valence-corrected chi connectivity index (χ2v) is 12.8. The average molecular weight is 670 g/mol. The van der Waals surface area contributed by atoms with E-state index in [2.05, 4.69) is 5.32 Å². The van der Waals surface area contributed by atoms with Crippen molar-refractivity contribution in [1.29, 1.82) is 0 Å². The lowest BCUT2D eigenvalue weighted by Crippen LogP contribution is -2.33. The van der Waals surface area contributed by atoms with Crippen LogP contribution in [-0.2, 0) is 27.1 Å². The molecule has 14 heteroatoms. The lowest BCUT2D eigenvalue weighted by molar-refractivity contribution is -0.137. The number of para-hydroxylation sites is 2. The Balaban J connectivity index is 1.47. The number of imide groups is 1. The summed E-state index contributed by atoms with van der Waals surface area (Å²) in [5.74, 6) is -3.53. The van der Waals surface area contributed by atoms with E-state index in [0.29, 0.717) is 37.6 Å². The lowest BCUT2D eigenvalue weighted by Gasteiger charge is -2.31. The minimum Gasteiger partial charge on any atom is -0.493 e. The first-order valence-electron chi connectivity index (χ1n) is 14.0. The van der Waals surface area contributed by atoms with Crippen molar-refractivity contribution < 1.29 is 37.0 Å². The minimum absolute atomic E-state index is 0.295. The van der Waals surface area contributed by atoms with Gasteiger partial charge in [0.1, 0.15) is 11.8 Å². The Morgan fingerprint density at radius 1 is 0.935 bits per heavy atom. The van der Waals surface area contributed by atoms with Gasteiger partial charge >= 0.3 is 11.0 Å². The quantitative estimate of drug-likeness (QED) is 0.252. The number of thiazole rings is 1. The fourth-order valence-electron chi connectivity index (χ4n) is 5.85. The third-order valence-corrected chi connectivity index (χ3v) is 10.6. The van der Waals surface area contributed by atoms with Gasteiger partial charge in [-0.3, -0.25) is 23.7 Å². The van der Waals surface area contributed by atoms with Gasteiger partial charge in [0, 0.05) is 16.5 Å². The molecular formula is C32H26F3N3O6S2. The number of amides is 3. The number of carbonyl (C=O) groups excluding carboxylic acids is 3. The largest absolute Gasteiger partial charge is 0.493 e. The third kappa shape index (κ3) is 5.34. The number of halogens is 3. The zero-order chi connectivity index (χ0) is 32.9. The van der Waals surface area contributed by atoms with Gasteiger partial charge in [0.25, 0.3) is 0 Å². The van der Waals surface area contributed by atoms with E-state index in [0.717, 1.165) is 40.8 Å². The molecule has 3 atom stereocenters.